The molecule has 0 aromatic heterocycles. The highest BCUT2D eigenvalue weighted by Crippen LogP contribution is 2.17. The Morgan fingerprint density at radius 3 is 2.40 bits per heavy atom. The van der Waals surface area contributed by atoms with Gasteiger partial charge in [-0.3, -0.25) is 4.79 Å². The first kappa shape index (κ1) is 18.2. The van der Waals surface area contributed by atoms with E-state index in [1.165, 1.54) is 7.11 Å². The Kier molecular flexibility index (Phi) is 6.26. The summed E-state index contributed by atoms with van der Waals surface area (Å²) >= 11 is 0. The SMILES string of the molecule is CO[C@H](C(=O)N[C@@H](Cc1ccccc1C#N)C(=O)O)c1ccccc1. The molecule has 0 saturated heterocycles. The molecule has 2 atom stereocenters. The Bertz CT molecular complexity index is 784. The Morgan fingerprint density at radius 2 is 1.80 bits per heavy atom. The van der Waals surface area contributed by atoms with Crippen LogP contribution in [-0.4, -0.2) is 30.1 Å². The van der Waals surface area contributed by atoms with Crippen molar-refractivity contribution in [3.05, 3.63) is 71.3 Å². The van der Waals surface area contributed by atoms with Gasteiger partial charge in [0.15, 0.2) is 6.10 Å². The van der Waals surface area contributed by atoms with Gasteiger partial charge in [-0.1, -0.05) is 48.5 Å². The van der Waals surface area contributed by atoms with Gasteiger partial charge < -0.3 is 15.2 Å². The molecule has 6 nitrogen and oxygen atoms in total. The number of amides is 1. The van der Waals surface area contributed by atoms with Crippen LogP contribution in [0.25, 0.3) is 0 Å². The number of aliphatic carboxylic acids is 1. The van der Waals surface area contributed by atoms with Gasteiger partial charge in [0.05, 0.1) is 11.6 Å². The molecule has 2 aromatic carbocycles. The molecule has 25 heavy (non-hydrogen) atoms. The van der Waals surface area contributed by atoms with Crippen LogP contribution in [0, 0.1) is 11.3 Å². The van der Waals surface area contributed by atoms with E-state index in [0.717, 1.165) is 0 Å². The quantitative estimate of drug-likeness (QED) is 0.805. The van der Waals surface area contributed by atoms with E-state index >= 15 is 0 Å². The number of carbonyl (C=O) groups is 2. The van der Waals surface area contributed by atoms with E-state index in [2.05, 4.69) is 5.32 Å². The first-order valence-corrected chi connectivity index (χ1v) is 7.65. The fourth-order valence-corrected chi connectivity index (χ4v) is 2.50. The van der Waals surface area contributed by atoms with Gasteiger partial charge in [0, 0.05) is 13.5 Å². The van der Waals surface area contributed by atoms with Gasteiger partial charge in [0.1, 0.15) is 6.04 Å². The van der Waals surface area contributed by atoms with Gasteiger partial charge >= 0.3 is 5.97 Å². The van der Waals surface area contributed by atoms with Crippen molar-refractivity contribution < 1.29 is 19.4 Å². The van der Waals surface area contributed by atoms with Crippen molar-refractivity contribution in [1.82, 2.24) is 5.32 Å². The molecular formula is C19H18N2O4. The zero-order valence-corrected chi connectivity index (χ0v) is 13.7. The van der Waals surface area contributed by atoms with Crippen LogP contribution in [0.3, 0.4) is 0 Å². The lowest BCUT2D eigenvalue weighted by Crippen LogP contribution is -2.44. The van der Waals surface area contributed by atoms with E-state index in [1.807, 2.05) is 12.1 Å². The smallest absolute Gasteiger partial charge is 0.326 e. The number of carboxylic acids is 1. The minimum atomic E-state index is -1.18. The minimum absolute atomic E-state index is 0.00995. The number of hydrogen-bond acceptors (Lipinski definition) is 4. The first-order valence-electron chi connectivity index (χ1n) is 7.65. The van der Waals surface area contributed by atoms with E-state index in [0.29, 0.717) is 16.7 Å². The fraction of sp³-hybridized carbons (Fsp3) is 0.211. The van der Waals surface area contributed by atoms with Crippen molar-refractivity contribution in [3.63, 3.8) is 0 Å². The molecule has 0 saturated carbocycles. The number of carbonyl (C=O) groups excluding carboxylic acids is 1. The average Bonchev–Trinajstić information content (AvgIpc) is 2.63. The molecule has 0 radical (unpaired) electrons. The summed E-state index contributed by atoms with van der Waals surface area (Å²) in [5.41, 5.74) is 1.57. The first-order chi connectivity index (χ1) is 12.1. The maximum Gasteiger partial charge on any atom is 0.326 e. The summed E-state index contributed by atoms with van der Waals surface area (Å²) in [6.45, 7) is 0. The van der Waals surface area contributed by atoms with Crippen molar-refractivity contribution in [2.24, 2.45) is 0 Å². The molecule has 2 aromatic rings. The van der Waals surface area contributed by atoms with E-state index in [9.17, 15) is 14.7 Å². The normalized spacial score (nSPS) is 12.6. The van der Waals surface area contributed by atoms with Gasteiger partial charge in [0.2, 0.25) is 0 Å². The topological polar surface area (TPSA) is 99.4 Å². The Morgan fingerprint density at radius 1 is 1.16 bits per heavy atom. The number of carboxylic acid groups (broad SMARTS) is 1. The zero-order valence-electron chi connectivity index (χ0n) is 13.7. The Balaban J connectivity index is 2.17. The second-order valence-corrected chi connectivity index (χ2v) is 5.40. The number of nitriles is 1. The molecule has 0 heterocycles. The van der Waals surface area contributed by atoms with Crippen LogP contribution in [0.5, 0.6) is 0 Å². The van der Waals surface area contributed by atoms with Crippen LogP contribution in [0.1, 0.15) is 22.8 Å². The lowest BCUT2D eigenvalue weighted by Gasteiger charge is -2.20. The second kappa shape index (κ2) is 8.62. The number of benzene rings is 2. The largest absolute Gasteiger partial charge is 0.480 e. The van der Waals surface area contributed by atoms with Crippen LogP contribution >= 0.6 is 0 Å². The molecule has 1 amide bonds. The summed E-state index contributed by atoms with van der Waals surface area (Å²) in [6.07, 6.45) is -0.898. The van der Waals surface area contributed by atoms with E-state index in [4.69, 9.17) is 10.00 Å². The van der Waals surface area contributed by atoms with Gasteiger partial charge in [0.25, 0.3) is 5.91 Å². The van der Waals surface area contributed by atoms with Gasteiger partial charge in [-0.05, 0) is 17.2 Å². The van der Waals surface area contributed by atoms with Crippen LogP contribution in [0.15, 0.2) is 54.6 Å². The Hall–Kier alpha value is -3.17. The summed E-state index contributed by atoms with van der Waals surface area (Å²) < 4.78 is 5.22. The summed E-state index contributed by atoms with van der Waals surface area (Å²) in [7, 11) is 1.39. The number of rotatable bonds is 7. The van der Waals surface area contributed by atoms with Crippen molar-refractivity contribution in [3.8, 4) is 6.07 Å². The highest BCUT2D eigenvalue weighted by molar-refractivity contribution is 5.87. The summed E-state index contributed by atoms with van der Waals surface area (Å²) in [5, 5.41) is 21.0. The zero-order chi connectivity index (χ0) is 18.2. The second-order valence-electron chi connectivity index (χ2n) is 5.40. The van der Waals surface area contributed by atoms with Crippen molar-refractivity contribution in [2.75, 3.05) is 7.11 Å². The highest BCUT2D eigenvalue weighted by Gasteiger charge is 2.27. The van der Waals surface area contributed by atoms with Gasteiger partial charge in [-0.15, -0.1) is 0 Å². The molecule has 0 aliphatic heterocycles. The number of methoxy groups -OCH3 is 1. The van der Waals surface area contributed by atoms with Gasteiger partial charge in [-0.2, -0.15) is 5.26 Å². The lowest BCUT2D eigenvalue weighted by molar-refractivity contribution is -0.144. The maximum atomic E-state index is 12.5. The van der Waals surface area contributed by atoms with E-state index < -0.39 is 24.0 Å². The molecular weight excluding hydrogens is 320 g/mol. The molecule has 128 valence electrons. The predicted molar refractivity (Wildman–Crippen MR) is 90.6 cm³/mol. The molecule has 6 heteroatoms. The number of nitrogens with one attached hydrogen (secondary N) is 1. The molecule has 0 spiro atoms. The van der Waals surface area contributed by atoms with Crippen molar-refractivity contribution in [1.29, 1.82) is 5.26 Å². The third kappa shape index (κ3) is 4.66. The third-order valence-corrected chi connectivity index (χ3v) is 3.75. The van der Waals surface area contributed by atoms with Crippen molar-refractivity contribution in [2.45, 2.75) is 18.6 Å². The molecule has 0 unspecified atom stereocenters. The van der Waals surface area contributed by atoms with Crippen LogP contribution in [0.2, 0.25) is 0 Å². The number of hydrogen-bond donors (Lipinski definition) is 2. The molecule has 0 aliphatic rings. The summed E-state index contributed by atoms with van der Waals surface area (Å²) in [4.78, 5) is 24.0. The fourth-order valence-electron chi connectivity index (χ4n) is 2.50. The minimum Gasteiger partial charge on any atom is -0.480 e. The van der Waals surface area contributed by atoms with Crippen LogP contribution < -0.4 is 5.32 Å². The maximum absolute atomic E-state index is 12.5. The molecule has 0 bridgehead atoms. The Labute approximate surface area is 145 Å². The molecule has 0 fully saturated rings. The average molecular weight is 338 g/mol. The standard InChI is InChI=1S/C19H18N2O4/c1-25-17(13-7-3-2-4-8-13)18(22)21-16(19(23)24)11-14-9-5-6-10-15(14)12-20/h2-10,16-17H,11H2,1H3,(H,21,22)(H,23,24)/t16-,17-/m0/s1. The monoisotopic (exact) mass is 338 g/mol. The molecule has 2 rings (SSSR count). The molecule has 2 N–H and O–H groups in total. The highest BCUT2D eigenvalue weighted by atomic mass is 16.5. The predicted octanol–water partition coefficient (Wildman–Crippen LogP) is 2.06. The number of ether oxygens (including phenoxy) is 1. The lowest BCUT2D eigenvalue weighted by atomic mass is 10.0. The number of nitrogens with zero attached hydrogens (tertiary/aromatic N) is 1. The summed E-state index contributed by atoms with van der Waals surface area (Å²) in [6, 6.07) is 16.4. The van der Waals surface area contributed by atoms with Crippen LogP contribution in [-0.2, 0) is 20.7 Å². The van der Waals surface area contributed by atoms with Crippen LogP contribution in [0.4, 0.5) is 0 Å². The van der Waals surface area contributed by atoms with Crippen molar-refractivity contribution >= 4 is 11.9 Å². The molecule has 0 aliphatic carbocycles. The van der Waals surface area contributed by atoms with Gasteiger partial charge in [-0.25, -0.2) is 4.79 Å². The summed E-state index contributed by atoms with van der Waals surface area (Å²) in [5.74, 6) is -1.72. The van der Waals surface area contributed by atoms with E-state index in [1.54, 1.807) is 48.5 Å². The van der Waals surface area contributed by atoms with E-state index in [-0.39, 0.29) is 6.42 Å². The third-order valence-electron chi connectivity index (χ3n) is 3.75.